The molecule has 2 heterocycles. The predicted octanol–water partition coefficient (Wildman–Crippen LogP) is 3.48. The summed E-state index contributed by atoms with van der Waals surface area (Å²) in [6.45, 7) is 5.95. The van der Waals surface area contributed by atoms with Gasteiger partial charge in [-0.1, -0.05) is 11.6 Å². The Balaban J connectivity index is 1.52. The van der Waals surface area contributed by atoms with Gasteiger partial charge in [-0.2, -0.15) is 0 Å². The first-order chi connectivity index (χ1) is 13.9. The summed E-state index contributed by atoms with van der Waals surface area (Å²) in [5, 5.41) is 0.495. The molecule has 8 heteroatoms. The van der Waals surface area contributed by atoms with Gasteiger partial charge in [-0.3, -0.25) is 14.5 Å². The summed E-state index contributed by atoms with van der Waals surface area (Å²) >= 11 is 5.97. The lowest BCUT2D eigenvalue weighted by Crippen LogP contribution is -2.44. The Kier molecular flexibility index (Phi) is 7.30. The molecule has 29 heavy (non-hydrogen) atoms. The van der Waals surface area contributed by atoms with Gasteiger partial charge in [-0.05, 0) is 37.3 Å². The van der Waals surface area contributed by atoms with Gasteiger partial charge in [0.1, 0.15) is 36.6 Å². The molecule has 0 aliphatic carbocycles. The van der Waals surface area contributed by atoms with E-state index >= 15 is 0 Å². The van der Waals surface area contributed by atoms with Crippen LogP contribution < -0.4 is 4.74 Å². The number of furan rings is 1. The van der Waals surface area contributed by atoms with E-state index in [-0.39, 0.29) is 24.5 Å². The van der Waals surface area contributed by atoms with Gasteiger partial charge in [0, 0.05) is 25.0 Å². The van der Waals surface area contributed by atoms with Crippen molar-refractivity contribution < 1.29 is 28.2 Å². The third-order valence-electron chi connectivity index (χ3n) is 4.48. The van der Waals surface area contributed by atoms with Crippen molar-refractivity contribution in [2.75, 3.05) is 26.3 Å². The molecule has 0 radical (unpaired) electrons. The summed E-state index contributed by atoms with van der Waals surface area (Å²) in [6.07, 6.45) is -0.130. The van der Waals surface area contributed by atoms with Crippen LogP contribution in [0.5, 0.6) is 5.75 Å². The number of carbonyl (C=O) groups excluding carboxylic acids is 2. The molecular weight excluding hydrogens is 398 g/mol. The zero-order valence-corrected chi connectivity index (χ0v) is 17.2. The van der Waals surface area contributed by atoms with Crippen LogP contribution in [0.4, 0.5) is 0 Å². The highest BCUT2D eigenvalue weighted by atomic mass is 35.5. The Hall–Kier alpha value is -2.35. The van der Waals surface area contributed by atoms with Gasteiger partial charge in [0.05, 0.1) is 18.7 Å². The Morgan fingerprint density at radius 3 is 2.76 bits per heavy atom. The summed E-state index contributed by atoms with van der Waals surface area (Å²) in [4.78, 5) is 24.9. The number of esters is 1. The first kappa shape index (κ1) is 21.4. The van der Waals surface area contributed by atoms with Crippen molar-refractivity contribution in [1.29, 1.82) is 0 Å². The first-order valence-electron chi connectivity index (χ1n) is 9.39. The fourth-order valence-corrected chi connectivity index (χ4v) is 3.26. The minimum Gasteiger partial charge on any atom is -0.490 e. The second-order valence-corrected chi connectivity index (χ2v) is 7.32. The van der Waals surface area contributed by atoms with Gasteiger partial charge in [0.25, 0.3) is 0 Å². The van der Waals surface area contributed by atoms with Gasteiger partial charge in [0.2, 0.25) is 0 Å². The number of hydrogen-bond donors (Lipinski definition) is 0. The Labute approximate surface area is 174 Å². The van der Waals surface area contributed by atoms with Crippen LogP contribution in [0, 0.1) is 0 Å². The minimum atomic E-state index is -0.340. The molecule has 1 aliphatic rings. The molecule has 3 rings (SSSR count). The predicted molar refractivity (Wildman–Crippen MR) is 106 cm³/mol. The summed E-state index contributed by atoms with van der Waals surface area (Å²) in [5.41, 5.74) is 0.459. The van der Waals surface area contributed by atoms with Crippen molar-refractivity contribution >= 4 is 23.4 Å². The third-order valence-corrected chi connectivity index (χ3v) is 4.72. The van der Waals surface area contributed by atoms with E-state index < -0.39 is 0 Å². The zero-order chi connectivity index (χ0) is 20.8. The topological polar surface area (TPSA) is 78.2 Å². The molecule has 0 spiro atoms. The van der Waals surface area contributed by atoms with Crippen LogP contribution in [-0.4, -0.2) is 49.1 Å². The highest BCUT2D eigenvalue weighted by molar-refractivity contribution is 6.31. The number of rotatable bonds is 8. The molecule has 1 saturated heterocycles. The molecule has 1 aromatic heterocycles. The van der Waals surface area contributed by atoms with E-state index in [0.29, 0.717) is 48.4 Å². The van der Waals surface area contributed by atoms with Crippen molar-refractivity contribution in [3.63, 3.8) is 0 Å². The van der Waals surface area contributed by atoms with Crippen LogP contribution in [-0.2, 0) is 27.4 Å². The number of morpholine rings is 1. The molecule has 0 bridgehead atoms. The highest BCUT2D eigenvalue weighted by Crippen LogP contribution is 2.24. The molecule has 1 aliphatic heterocycles. The van der Waals surface area contributed by atoms with Gasteiger partial charge in [-0.25, -0.2) is 0 Å². The molecule has 156 valence electrons. The number of halogens is 1. The molecule has 1 aromatic carbocycles. The van der Waals surface area contributed by atoms with Crippen molar-refractivity contribution in [2.24, 2.45) is 0 Å². The molecule has 0 amide bonds. The number of carbonyl (C=O) groups is 2. The maximum absolute atomic E-state index is 11.8. The van der Waals surface area contributed by atoms with Crippen LogP contribution in [0.15, 0.2) is 34.7 Å². The highest BCUT2D eigenvalue weighted by Gasteiger charge is 2.23. The van der Waals surface area contributed by atoms with E-state index in [9.17, 15) is 9.59 Å². The van der Waals surface area contributed by atoms with E-state index in [2.05, 4.69) is 4.90 Å². The van der Waals surface area contributed by atoms with E-state index in [4.69, 9.17) is 30.2 Å². The van der Waals surface area contributed by atoms with E-state index in [1.54, 1.807) is 18.2 Å². The number of nitrogens with zero attached hydrogens (tertiary/aromatic N) is 1. The third kappa shape index (κ3) is 6.32. The summed E-state index contributed by atoms with van der Waals surface area (Å²) < 4.78 is 22.3. The average molecular weight is 422 g/mol. The fourth-order valence-electron chi connectivity index (χ4n) is 3.09. The molecule has 2 aromatic rings. The molecule has 1 unspecified atom stereocenters. The van der Waals surface area contributed by atoms with Crippen molar-refractivity contribution in [2.45, 2.75) is 33.1 Å². The molecular formula is C21H24ClNO6. The minimum absolute atomic E-state index is 0.101. The lowest BCUT2D eigenvalue weighted by atomic mass is 10.1. The number of benzene rings is 1. The SMILES string of the molecule is CC(=O)OCc1ccc(CN2CCOC(COc3ccc(Cl)cc3C(C)=O)C2)o1. The fraction of sp³-hybridized carbons (Fsp3) is 0.429. The van der Waals surface area contributed by atoms with E-state index in [0.717, 1.165) is 12.3 Å². The smallest absolute Gasteiger partial charge is 0.303 e. The lowest BCUT2D eigenvalue weighted by molar-refractivity contribution is -0.142. The van der Waals surface area contributed by atoms with Crippen LogP contribution in [0.2, 0.25) is 5.02 Å². The van der Waals surface area contributed by atoms with Crippen LogP contribution in [0.25, 0.3) is 0 Å². The van der Waals surface area contributed by atoms with E-state index in [1.165, 1.54) is 13.8 Å². The molecule has 1 atom stereocenters. The lowest BCUT2D eigenvalue weighted by Gasteiger charge is -2.32. The normalized spacial score (nSPS) is 17.1. The van der Waals surface area contributed by atoms with Gasteiger partial charge in [-0.15, -0.1) is 0 Å². The quantitative estimate of drug-likeness (QED) is 0.477. The summed E-state index contributed by atoms with van der Waals surface area (Å²) in [5.74, 6) is 1.47. The van der Waals surface area contributed by atoms with Crippen LogP contribution >= 0.6 is 11.6 Å². The second kappa shape index (κ2) is 9.91. The monoisotopic (exact) mass is 421 g/mol. The van der Waals surface area contributed by atoms with Gasteiger partial charge >= 0.3 is 5.97 Å². The van der Waals surface area contributed by atoms with Crippen molar-refractivity contribution in [3.8, 4) is 5.75 Å². The largest absolute Gasteiger partial charge is 0.490 e. The number of hydrogen-bond acceptors (Lipinski definition) is 7. The van der Waals surface area contributed by atoms with Crippen LogP contribution in [0.3, 0.4) is 0 Å². The zero-order valence-electron chi connectivity index (χ0n) is 16.5. The standard InChI is InChI=1S/C21H24ClNO6/c1-14(24)20-9-16(22)3-6-21(20)28-13-19-11-23(7-8-26-19)10-17-4-5-18(29-17)12-27-15(2)25/h3-6,9,19H,7-8,10-13H2,1-2H3. The van der Waals surface area contributed by atoms with Crippen molar-refractivity contribution in [3.05, 3.63) is 52.4 Å². The summed E-state index contributed by atoms with van der Waals surface area (Å²) in [7, 11) is 0. The molecule has 7 nitrogen and oxygen atoms in total. The van der Waals surface area contributed by atoms with Gasteiger partial charge in [0.15, 0.2) is 5.78 Å². The van der Waals surface area contributed by atoms with Crippen molar-refractivity contribution in [1.82, 2.24) is 4.90 Å². The molecule has 0 N–H and O–H groups in total. The second-order valence-electron chi connectivity index (χ2n) is 6.88. The van der Waals surface area contributed by atoms with Crippen LogP contribution in [0.1, 0.15) is 35.7 Å². The maximum atomic E-state index is 11.8. The number of ketones is 1. The van der Waals surface area contributed by atoms with Gasteiger partial charge < -0.3 is 18.6 Å². The number of ether oxygens (including phenoxy) is 3. The van der Waals surface area contributed by atoms with E-state index in [1.807, 2.05) is 12.1 Å². The summed E-state index contributed by atoms with van der Waals surface area (Å²) in [6, 6.07) is 8.70. The first-order valence-corrected chi connectivity index (χ1v) is 9.76. The Morgan fingerprint density at radius 2 is 2.00 bits per heavy atom. The maximum Gasteiger partial charge on any atom is 0.303 e. The average Bonchev–Trinajstić information content (AvgIpc) is 3.13. The number of Topliss-reactive ketones (excluding diaryl/α,β-unsaturated/α-hetero) is 1. The molecule has 1 fully saturated rings. The molecule has 0 saturated carbocycles. The Morgan fingerprint density at radius 1 is 1.21 bits per heavy atom. The Bertz CT molecular complexity index is 865.